The van der Waals surface area contributed by atoms with Crippen LogP contribution in [0.1, 0.15) is 162 Å². The third-order valence-corrected chi connectivity index (χ3v) is 9.16. The van der Waals surface area contributed by atoms with E-state index in [0.29, 0.717) is 12.8 Å². The lowest BCUT2D eigenvalue weighted by atomic mass is 9.95. The molecule has 1 saturated heterocycles. The molecule has 6 nitrogen and oxygen atoms in total. The fourth-order valence-electron chi connectivity index (χ4n) is 5.58. The van der Waals surface area contributed by atoms with E-state index in [-0.39, 0.29) is 24.9 Å². The summed E-state index contributed by atoms with van der Waals surface area (Å²) in [6.45, 7) is 7.61. The number of ketones is 1. The summed E-state index contributed by atoms with van der Waals surface area (Å²) in [5.41, 5.74) is 0. The first-order valence-electron chi connectivity index (χ1n) is 16.8. The number of carbonyl (C=O) groups is 1. The quantitative estimate of drug-likeness (QED) is 0.0709. The first-order valence-corrected chi connectivity index (χ1v) is 18.3. The molecule has 0 bridgehead atoms. The van der Waals surface area contributed by atoms with Crippen LogP contribution in [0, 0.1) is 5.92 Å². The highest BCUT2D eigenvalue weighted by Gasteiger charge is 2.24. The second-order valence-corrected chi connectivity index (χ2v) is 13.4. The van der Waals surface area contributed by atoms with Gasteiger partial charge in [0.1, 0.15) is 5.78 Å². The van der Waals surface area contributed by atoms with E-state index in [0.717, 1.165) is 45.3 Å². The van der Waals surface area contributed by atoms with Crippen LogP contribution in [-0.2, 0) is 18.4 Å². The van der Waals surface area contributed by atoms with Crippen LogP contribution in [0.2, 0.25) is 0 Å². The second-order valence-electron chi connectivity index (χ2n) is 11.9. The SMILES string of the molecule is CCCCCCCCCCCCCCCCCCCC(COP(=O)(O)OCCCN1CCCC1)CC(=O)CC. The van der Waals surface area contributed by atoms with E-state index >= 15 is 0 Å². The van der Waals surface area contributed by atoms with Crippen LogP contribution in [0.4, 0.5) is 0 Å². The fraction of sp³-hybridized carbons (Fsp3) is 0.969. The lowest BCUT2D eigenvalue weighted by Crippen LogP contribution is -2.21. The number of hydrogen-bond donors (Lipinski definition) is 1. The molecule has 0 spiro atoms. The lowest BCUT2D eigenvalue weighted by Gasteiger charge is -2.19. The molecule has 39 heavy (non-hydrogen) atoms. The number of phosphoric acid groups is 1. The molecule has 0 aromatic carbocycles. The van der Waals surface area contributed by atoms with Gasteiger partial charge in [-0.05, 0) is 44.7 Å². The van der Waals surface area contributed by atoms with Gasteiger partial charge in [0.2, 0.25) is 0 Å². The molecule has 1 aliphatic rings. The van der Waals surface area contributed by atoms with Crippen LogP contribution in [0.3, 0.4) is 0 Å². The Bertz CT molecular complexity index is 611. The van der Waals surface area contributed by atoms with Crippen LogP contribution < -0.4 is 0 Å². The predicted molar refractivity (Wildman–Crippen MR) is 164 cm³/mol. The Morgan fingerprint density at radius 1 is 0.744 bits per heavy atom. The minimum Gasteiger partial charge on any atom is -0.303 e. The molecule has 0 aromatic heterocycles. The smallest absolute Gasteiger partial charge is 0.303 e. The van der Waals surface area contributed by atoms with E-state index in [9.17, 15) is 14.3 Å². The van der Waals surface area contributed by atoms with Gasteiger partial charge in [-0.3, -0.25) is 13.8 Å². The monoisotopic (exact) mass is 573 g/mol. The van der Waals surface area contributed by atoms with Gasteiger partial charge in [-0.15, -0.1) is 0 Å². The molecule has 0 aromatic rings. The van der Waals surface area contributed by atoms with Crippen molar-refractivity contribution in [2.75, 3.05) is 32.8 Å². The van der Waals surface area contributed by atoms with E-state index in [1.807, 2.05) is 6.92 Å². The fourth-order valence-corrected chi connectivity index (χ4v) is 6.41. The Labute approximate surface area is 242 Å². The molecule has 0 saturated carbocycles. The van der Waals surface area contributed by atoms with Crippen LogP contribution >= 0.6 is 7.82 Å². The number of phosphoric ester groups is 1. The van der Waals surface area contributed by atoms with Crippen molar-refractivity contribution >= 4 is 13.6 Å². The zero-order valence-corrected chi connectivity index (χ0v) is 26.7. The van der Waals surface area contributed by atoms with E-state index < -0.39 is 7.82 Å². The van der Waals surface area contributed by atoms with E-state index in [1.165, 1.54) is 109 Å². The Kier molecular flexibility index (Phi) is 24.0. The average molecular weight is 574 g/mol. The van der Waals surface area contributed by atoms with Crippen molar-refractivity contribution in [3.63, 3.8) is 0 Å². The van der Waals surface area contributed by atoms with E-state index in [2.05, 4.69) is 11.8 Å². The molecule has 7 heteroatoms. The van der Waals surface area contributed by atoms with Gasteiger partial charge in [0.05, 0.1) is 13.2 Å². The molecule has 0 aliphatic carbocycles. The molecular formula is C32H64NO5P. The summed E-state index contributed by atoms with van der Waals surface area (Å²) in [7, 11) is -4.07. The summed E-state index contributed by atoms with van der Waals surface area (Å²) in [6, 6.07) is 0. The maximum atomic E-state index is 12.3. The molecule has 1 heterocycles. The summed E-state index contributed by atoms with van der Waals surface area (Å²) >= 11 is 0. The van der Waals surface area contributed by atoms with Gasteiger partial charge in [-0.2, -0.15) is 0 Å². The number of nitrogens with zero attached hydrogens (tertiary/aromatic N) is 1. The van der Waals surface area contributed by atoms with Crippen LogP contribution in [0.25, 0.3) is 0 Å². The van der Waals surface area contributed by atoms with Gasteiger partial charge < -0.3 is 9.79 Å². The average Bonchev–Trinajstić information content (AvgIpc) is 3.45. The normalized spacial score (nSPS) is 16.5. The van der Waals surface area contributed by atoms with Crippen molar-refractivity contribution in [1.29, 1.82) is 0 Å². The minimum absolute atomic E-state index is 0.0116. The lowest BCUT2D eigenvalue weighted by molar-refractivity contribution is -0.120. The molecule has 2 atom stereocenters. The van der Waals surface area contributed by atoms with Gasteiger partial charge in [0.15, 0.2) is 0 Å². The molecule has 1 rings (SSSR count). The zero-order chi connectivity index (χ0) is 28.4. The summed E-state index contributed by atoms with van der Waals surface area (Å²) in [6.07, 6.45) is 27.8. The van der Waals surface area contributed by atoms with E-state index in [1.54, 1.807) is 0 Å². The highest BCUT2D eigenvalue weighted by molar-refractivity contribution is 7.47. The molecule has 1 aliphatic heterocycles. The summed E-state index contributed by atoms with van der Waals surface area (Å²) in [4.78, 5) is 24.5. The summed E-state index contributed by atoms with van der Waals surface area (Å²) in [5.74, 6) is 0.178. The zero-order valence-electron chi connectivity index (χ0n) is 25.9. The first kappa shape index (κ1) is 36.8. The molecule has 0 radical (unpaired) electrons. The number of likely N-dealkylation sites (tertiary alicyclic amines) is 1. The summed E-state index contributed by atoms with van der Waals surface area (Å²) in [5, 5.41) is 0. The van der Waals surface area contributed by atoms with Crippen molar-refractivity contribution in [3.8, 4) is 0 Å². The molecule has 0 amide bonds. The Morgan fingerprint density at radius 2 is 1.23 bits per heavy atom. The minimum atomic E-state index is -4.07. The van der Waals surface area contributed by atoms with Crippen molar-refractivity contribution < 1.29 is 23.3 Å². The molecule has 1 N–H and O–H groups in total. The first-order chi connectivity index (χ1) is 19.0. The Morgan fingerprint density at radius 3 is 1.72 bits per heavy atom. The third kappa shape index (κ3) is 23.0. The maximum absolute atomic E-state index is 12.3. The third-order valence-electron chi connectivity index (χ3n) is 8.17. The molecule has 1 fully saturated rings. The molecule has 2 unspecified atom stereocenters. The Balaban J connectivity index is 2.03. The number of rotatable bonds is 29. The number of carbonyl (C=O) groups excluding carboxylic acids is 1. The van der Waals surface area contributed by atoms with Crippen LogP contribution in [-0.4, -0.2) is 48.4 Å². The maximum Gasteiger partial charge on any atom is 0.472 e. The van der Waals surface area contributed by atoms with E-state index in [4.69, 9.17) is 9.05 Å². The number of hydrogen-bond acceptors (Lipinski definition) is 5. The molecular weight excluding hydrogens is 509 g/mol. The predicted octanol–water partition coefficient (Wildman–Crippen LogP) is 9.63. The highest BCUT2D eigenvalue weighted by Crippen LogP contribution is 2.44. The van der Waals surface area contributed by atoms with Crippen molar-refractivity contribution in [1.82, 2.24) is 4.90 Å². The van der Waals surface area contributed by atoms with Crippen molar-refractivity contribution in [3.05, 3.63) is 0 Å². The van der Waals surface area contributed by atoms with Gasteiger partial charge in [-0.1, -0.05) is 123 Å². The van der Waals surface area contributed by atoms with Gasteiger partial charge in [0.25, 0.3) is 0 Å². The van der Waals surface area contributed by atoms with Gasteiger partial charge in [0, 0.05) is 19.4 Å². The van der Waals surface area contributed by atoms with Crippen molar-refractivity contribution in [2.24, 2.45) is 5.92 Å². The van der Waals surface area contributed by atoms with Gasteiger partial charge in [-0.25, -0.2) is 4.57 Å². The largest absolute Gasteiger partial charge is 0.472 e. The van der Waals surface area contributed by atoms with Gasteiger partial charge >= 0.3 is 7.82 Å². The number of unbranched alkanes of at least 4 members (excludes halogenated alkanes) is 16. The standard InChI is InChI=1S/C32H64NO5P/c1-3-5-6-7-8-9-10-11-12-13-14-15-16-17-18-19-20-24-31(29-32(34)4-2)30-38-39(35,36)37-28-23-27-33-25-21-22-26-33/h31H,3-30H2,1-2H3,(H,35,36). The van der Waals surface area contributed by atoms with Crippen LogP contribution in [0.15, 0.2) is 0 Å². The highest BCUT2D eigenvalue weighted by atomic mass is 31.2. The van der Waals surface area contributed by atoms with Crippen molar-refractivity contribution in [2.45, 2.75) is 162 Å². The number of Topliss-reactive ketones (excluding diaryl/α,β-unsaturated/α-hetero) is 1. The Hall–Kier alpha value is -0.260. The van der Waals surface area contributed by atoms with Crippen LogP contribution in [0.5, 0.6) is 0 Å². The molecule has 232 valence electrons. The second kappa shape index (κ2) is 25.5. The summed E-state index contributed by atoms with van der Waals surface area (Å²) < 4.78 is 22.8. The topological polar surface area (TPSA) is 76.1 Å².